The second-order valence-electron chi connectivity index (χ2n) is 4.73. The van der Waals surface area contributed by atoms with Crippen molar-refractivity contribution in [3.05, 3.63) is 0 Å². The molecule has 0 aromatic carbocycles. The van der Waals surface area contributed by atoms with Gasteiger partial charge in [-0.25, -0.2) is 0 Å². The van der Waals surface area contributed by atoms with Crippen LogP contribution in [0, 0.1) is 5.92 Å². The highest BCUT2D eigenvalue weighted by Gasteiger charge is 2.30. The van der Waals surface area contributed by atoms with E-state index >= 15 is 0 Å². The summed E-state index contributed by atoms with van der Waals surface area (Å²) in [6.45, 7) is 2.35. The van der Waals surface area contributed by atoms with Crippen molar-refractivity contribution in [2.75, 3.05) is 13.1 Å². The topological polar surface area (TPSA) is 89.4 Å². The van der Waals surface area contributed by atoms with Crippen molar-refractivity contribution in [2.45, 2.75) is 45.1 Å². The van der Waals surface area contributed by atoms with Crippen LogP contribution in [0.2, 0.25) is 0 Å². The Kier molecular flexibility index (Phi) is 5.41. The van der Waals surface area contributed by atoms with Crippen LogP contribution in [0.4, 0.5) is 0 Å². The lowest BCUT2D eigenvalue weighted by atomic mass is 9.94. The van der Waals surface area contributed by atoms with Crippen molar-refractivity contribution in [1.82, 2.24) is 4.90 Å². The van der Waals surface area contributed by atoms with Crippen molar-refractivity contribution >= 4 is 11.8 Å². The predicted molar refractivity (Wildman–Crippen MR) is 66.0 cm³/mol. The maximum atomic E-state index is 12.3. The van der Waals surface area contributed by atoms with E-state index in [2.05, 4.69) is 0 Å². The van der Waals surface area contributed by atoms with Crippen molar-refractivity contribution in [1.29, 1.82) is 0 Å². The van der Waals surface area contributed by atoms with Gasteiger partial charge in [0.05, 0.1) is 12.5 Å². The summed E-state index contributed by atoms with van der Waals surface area (Å²) < 4.78 is 0. The molecule has 1 saturated carbocycles. The van der Waals surface area contributed by atoms with Crippen LogP contribution in [0.5, 0.6) is 0 Å². The fraction of sp³-hybridized carbons (Fsp3) is 0.833. The second-order valence-corrected chi connectivity index (χ2v) is 4.73. The number of nitrogens with two attached hydrogens (primary N) is 2. The molecule has 1 rings (SSSR count). The zero-order chi connectivity index (χ0) is 12.8. The van der Waals surface area contributed by atoms with Crippen molar-refractivity contribution in [3.63, 3.8) is 0 Å². The molecule has 1 aliphatic rings. The summed E-state index contributed by atoms with van der Waals surface area (Å²) in [5.41, 5.74) is 11.2. The van der Waals surface area contributed by atoms with Gasteiger partial charge in [0.25, 0.3) is 0 Å². The molecule has 5 nitrogen and oxygen atoms in total. The maximum Gasteiger partial charge on any atom is 0.237 e. The average Bonchev–Trinajstić information content (AvgIpc) is 2.49. The molecule has 0 heterocycles. The molecule has 2 unspecified atom stereocenters. The molecule has 0 aliphatic heterocycles. The number of likely N-dealkylation sites (N-methyl/N-ethyl adjacent to an activating group) is 1. The number of primary amides is 1. The quantitative estimate of drug-likeness (QED) is 0.690. The van der Waals surface area contributed by atoms with E-state index in [-0.39, 0.29) is 24.4 Å². The van der Waals surface area contributed by atoms with E-state index in [0.717, 1.165) is 32.1 Å². The zero-order valence-corrected chi connectivity index (χ0v) is 10.5. The molecule has 2 amide bonds. The number of hydrogen-bond donors (Lipinski definition) is 2. The van der Waals surface area contributed by atoms with E-state index in [9.17, 15) is 9.59 Å². The Balaban J connectivity index is 2.67. The molecule has 1 fully saturated rings. The first kappa shape index (κ1) is 14.0. The molecule has 17 heavy (non-hydrogen) atoms. The molecule has 0 saturated heterocycles. The molecule has 98 valence electrons. The fourth-order valence-corrected chi connectivity index (χ4v) is 2.41. The molecular weight excluding hydrogens is 218 g/mol. The summed E-state index contributed by atoms with van der Waals surface area (Å²) in [5.74, 6) is -0.625. The molecule has 0 bridgehead atoms. The highest BCUT2D eigenvalue weighted by molar-refractivity contribution is 5.85. The van der Waals surface area contributed by atoms with Gasteiger partial charge in [0, 0.05) is 12.6 Å². The van der Waals surface area contributed by atoms with E-state index in [1.807, 2.05) is 6.92 Å². The lowest BCUT2D eigenvalue weighted by Crippen LogP contribution is -2.46. The van der Waals surface area contributed by atoms with E-state index in [1.165, 1.54) is 4.90 Å². The van der Waals surface area contributed by atoms with Gasteiger partial charge in [-0.1, -0.05) is 19.3 Å². The first-order valence-corrected chi connectivity index (χ1v) is 6.39. The van der Waals surface area contributed by atoms with Gasteiger partial charge in [0.2, 0.25) is 11.8 Å². The van der Waals surface area contributed by atoms with E-state index < -0.39 is 5.91 Å². The molecule has 0 spiro atoms. The zero-order valence-electron chi connectivity index (χ0n) is 10.5. The van der Waals surface area contributed by atoms with Crippen LogP contribution in [-0.2, 0) is 9.59 Å². The van der Waals surface area contributed by atoms with Crippen LogP contribution < -0.4 is 11.5 Å². The molecular formula is C12H23N3O2. The number of carbonyl (C=O) groups is 2. The second kappa shape index (κ2) is 6.59. The van der Waals surface area contributed by atoms with Gasteiger partial charge in [-0.3, -0.25) is 9.59 Å². The molecule has 1 aliphatic carbocycles. The summed E-state index contributed by atoms with van der Waals surface area (Å²) >= 11 is 0. The minimum atomic E-state index is -0.470. The average molecular weight is 241 g/mol. The Labute approximate surface area is 103 Å². The summed E-state index contributed by atoms with van der Waals surface area (Å²) in [5, 5.41) is 0. The highest BCUT2D eigenvalue weighted by Crippen LogP contribution is 2.23. The Hall–Kier alpha value is -1.10. The third kappa shape index (κ3) is 4.00. The van der Waals surface area contributed by atoms with Crippen LogP contribution in [0.3, 0.4) is 0 Å². The molecule has 0 aromatic rings. The number of rotatable bonds is 4. The molecule has 0 aromatic heterocycles. The van der Waals surface area contributed by atoms with Gasteiger partial charge in [-0.2, -0.15) is 0 Å². The smallest absolute Gasteiger partial charge is 0.237 e. The molecule has 5 heteroatoms. The van der Waals surface area contributed by atoms with Gasteiger partial charge in [-0.05, 0) is 19.8 Å². The summed E-state index contributed by atoms with van der Waals surface area (Å²) in [4.78, 5) is 24.7. The fourth-order valence-electron chi connectivity index (χ4n) is 2.41. The first-order chi connectivity index (χ1) is 8.06. The van der Waals surface area contributed by atoms with Gasteiger partial charge < -0.3 is 16.4 Å². The molecule has 4 N–H and O–H groups in total. The van der Waals surface area contributed by atoms with E-state index in [0.29, 0.717) is 6.54 Å². The van der Waals surface area contributed by atoms with Crippen molar-refractivity contribution < 1.29 is 9.59 Å². The number of hydrogen-bond acceptors (Lipinski definition) is 3. The van der Waals surface area contributed by atoms with E-state index in [1.54, 1.807) is 0 Å². The minimum Gasteiger partial charge on any atom is -0.368 e. The minimum absolute atomic E-state index is 0.00144. The molecule has 2 atom stereocenters. The van der Waals surface area contributed by atoms with Crippen LogP contribution in [-0.4, -0.2) is 35.8 Å². The SMILES string of the molecule is CCN(CC(N)=O)C(=O)C1CCCCCC1N. The summed E-state index contributed by atoms with van der Waals surface area (Å²) in [6, 6.07) is -0.0769. The monoisotopic (exact) mass is 241 g/mol. The first-order valence-electron chi connectivity index (χ1n) is 6.39. The van der Waals surface area contributed by atoms with Crippen LogP contribution in [0.1, 0.15) is 39.0 Å². The summed E-state index contributed by atoms with van der Waals surface area (Å²) in [6.07, 6.45) is 4.99. The number of carbonyl (C=O) groups excluding carboxylic acids is 2. The Morgan fingerprint density at radius 2 is 1.88 bits per heavy atom. The largest absolute Gasteiger partial charge is 0.368 e. The van der Waals surface area contributed by atoms with Crippen LogP contribution >= 0.6 is 0 Å². The van der Waals surface area contributed by atoms with Gasteiger partial charge in [0.1, 0.15) is 0 Å². The van der Waals surface area contributed by atoms with Crippen molar-refractivity contribution in [3.8, 4) is 0 Å². The normalized spacial score (nSPS) is 25.1. The number of amides is 2. The maximum absolute atomic E-state index is 12.3. The van der Waals surface area contributed by atoms with Crippen LogP contribution in [0.15, 0.2) is 0 Å². The third-order valence-corrected chi connectivity index (χ3v) is 3.43. The van der Waals surface area contributed by atoms with Crippen LogP contribution in [0.25, 0.3) is 0 Å². The number of nitrogens with zero attached hydrogens (tertiary/aromatic N) is 1. The molecule has 0 radical (unpaired) electrons. The lowest BCUT2D eigenvalue weighted by molar-refractivity contribution is -0.139. The lowest BCUT2D eigenvalue weighted by Gasteiger charge is -2.27. The van der Waals surface area contributed by atoms with E-state index in [4.69, 9.17) is 11.5 Å². The summed E-state index contributed by atoms with van der Waals surface area (Å²) in [7, 11) is 0. The van der Waals surface area contributed by atoms with Gasteiger partial charge in [-0.15, -0.1) is 0 Å². The van der Waals surface area contributed by atoms with Gasteiger partial charge in [0.15, 0.2) is 0 Å². The highest BCUT2D eigenvalue weighted by atomic mass is 16.2. The predicted octanol–water partition coefficient (Wildman–Crippen LogP) is 0.228. The van der Waals surface area contributed by atoms with Crippen molar-refractivity contribution in [2.24, 2.45) is 17.4 Å². The Bertz CT molecular complexity index is 281. The third-order valence-electron chi connectivity index (χ3n) is 3.43. The Morgan fingerprint density at radius 1 is 1.24 bits per heavy atom. The Morgan fingerprint density at radius 3 is 2.47 bits per heavy atom. The standard InChI is InChI=1S/C12H23N3O2/c1-2-15(8-11(14)16)12(17)9-6-4-3-5-7-10(9)13/h9-10H,2-8,13H2,1H3,(H2,14,16). The van der Waals surface area contributed by atoms with Gasteiger partial charge >= 0.3 is 0 Å².